The van der Waals surface area contributed by atoms with Gasteiger partial charge in [-0.25, -0.2) is 4.98 Å². The highest BCUT2D eigenvalue weighted by Crippen LogP contribution is 2.22. The molecule has 0 spiro atoms. The first-order chi connectivity index (χ1) is 14.0. The smallest absolute Gasteiger partial charge is 0.258 e. The minimum Gasteiger partial charge on any atom is -0.334 e. The van der Waals surface area contributed by atoms with Crippen molar-refractivity contribution in [1.29, 1.82) is 0 Å². The summed E-state index contributed by atoms with van der Waals surface area (Å²) in [4.78, 5) is 25.3. The van der Waals surface area contributed by atoms with Gasteiger partial charge in [0, 0.05) is 29.8 Å². The molecule has 4 rings (SSSR count). The molecule has 0 atom stereocenters. The topological polar surface area (TPSA) is 98.7 Å². The minimum atomic E-state index is -0.128. The molecule has 146 valence electrons. The number of hydrogen-bond donors (Lipinski definition) is 1. The number of imidazole rings is 1. The minimum absolute atomic E-state index is 0.128. The van der Waals surface area contributed by atoms with Gasteiger partial charge in [-0.3, -0.25) is 9.78 Å². The fraction of sp³-hybridized carbons (Fsp3) is 0.190. The molecule has 3 heterocycles. The molecule has 0 radical (unpaired) electrons. The Hall–Kier alpha value is -3.81. The van der Waals surface area contributed by atoms with E-state index in [1.54, 1.807) is 35.3 Å². The summed E-state index contributed by atoms with van der Waals surface area (Å²) >= 11 is 0. The molecule has 3 aromatic heterocycles. The number of rotatable bonds is 5. The molecule has 0 aliphatic rings. The third-order valence-electron chi connectivity index (χ3n) is 4.75. The summed E-state index contributed by atoms with van der Waals surface area (Å²) < 4.78 is 7.08. The highest BCUT2D eigenvalue weighted by Gasteiger charge is 2.16. The van der Waals surface area contributed by atoms with Crippen LogP contribution < -0.4 is 5.32 Å². The first kappa shape index (κ1) is 18.5. The number of carbonyl (C=O) groups is 1. The summed E-state index contributed by atoms with van der Waals surface area (Å²) in [5, 5.41) is 6.96. The maximum atomic E-state index is 12.5. The van der Waals surface area contributed by atoms with Crippen molar-refractivity contribution in [2.75, 3.05) is 5.32 Å². The molecule has 0 aliphatic carbocycles. The number of anilines is 1. The van der Waals surface area contributed by atoms with Crippen LogP contribution in [0.4, 0.5) is 5.69 Å². The predicted octanol–water partition coefficient (Wildman–Crippen LogP) is 3.56. The van der Waals surface area contributed by atoms with E-state index in [9.17, 15) is 4.79 Å². The van der Waals surface area contributed by atoms with Crippen LogP contribution >= 0.6 is 0 Å². The summed E-state index contributed by atoms with van der Waals surface area (Å²) in [6, 6.07) is 9.42. The molecule has 8 nitrogen and oxygen atoms in total. The number of nitrogens with one attached hydrogen (secondary N) is 1. The van der Waals surface area contributed by atoms with Gasteiger partial charge in [-0.1, -0.05) is 17.3 Å². The molecule has 0 unspecified atom stereocenters. The lowest BCUT2D eigenvalue weighted by Crippen LogP contribution is -2.19. The zero-order chi connectivity index (χ0) is 20.4. The van der Waals surface area contributed by atoms with E-state index >= 15 is 0 Å². The third kappa shape index (κ3) is 3.91. The van der Waals surface area contributed by atoms with Gasteiger partial charge in [0.25, 0.3) is 5.89 Å². The molecule has 1 amide bonds. The van der Waals surface area contributed by atoms with Crippen LogP contribution in [0, 0.1) is 20.8 Å². The standard InChI is InChI=1S/C21H20N6O2/c1-13-5-4-6-17(14(13)2)24-19(28)12-27-11-18(23-15(27)3)20-25-21(29-26-20)16-7-9-22-10-8-16/h4-11H,12H2,1-3H3,(H,24,28). The van der Waals surface area contributed by atoms with Crippen molar-refractivity contribution in [3.05, 3.63) is 65.9 Å². The summed E-state index contributed by atoms with van der Waals surface area (Å²) in [7, 11) is 0. The van der Waals surface area contributed by atoms with Crippen molar-refractivity contribution in [1.82, 2.24) is 24.7 Å². The van der Waals surface area contributed by atoms with E-state index in [1.807, 2.05) is 39.0 Å². The molecule has 4 aromatic rings. The molecule has 29 heavy (non-hydrogen) atoms. The number of aromatic nitrogens is 5. The molecule has 1 N–H and O–H groups in total. The molecule has 0 fully saturated rings. The SMILES string of the molecule is Cc1cccc(NC(=O)Cn2cc(-c3noc(-c4ccncc4)n3)nc2C)c1C. The zero-order valence-electron chi connectivity index (χ0n) is 16.4. The first-order valence-electron chi connectivity index (χ1n) is 9.15. The van der Waals surface area contributed by atoms with E-state index in [-0.39, 0.29) is 12.5 Å². The Balaban J connectivity index is 1.50. The van der Waals surface area contributed by atoms with Crippen LogP contribution in [0.15, 0.2) is 53.4 Å². The largest absolute Gasteiger partial charge is 0.334 e. The van der Waals surface area contributed by atoms with E-state index in [0.717, 1.165) is 22.4 Å². The third-order valence-corrected chi connectivity index (χ3v) is 4.75. The Bertz CT molecular complexity index is 1160. The quantitative estimate of drug-likeness (QED) is 0.561. The lowest BCUT2D eigenvalue weighted by atomic mass is 10.1. The van der Waals surface area contributed by atoms with E-state index in [2.05, 4.69) is 25.4 Å². The van der Waals surface area contributed by atoms with Gasteiger partial charge in [-0.15, -0.1) is 0 Å². The molecule has 0 saturated carbocycles. The monoisotopic (exact) mass is 388 g/mol. The normalized spacial score (nSPS) is 10.9. The van der Waals surface area contributed by atoms with E-state index < -0.39 is 0 Å². The second-order valence-corrected chi connectivity index (χ2v) is 6.76. The summed E-state index contributed by atoms with van der Waals surface area (Å²) in [6.07, 6.45) is 5.07. The van der Waals surface area contributed by atoms with Crippen molar-refractivity contribution >= 4 is 11.6 Å². The van der Waals surface area contributed by atoms with Gasteiger partial charge in [-0.2, -0.15) is 4.98 Å². The number of amides is 1. The van der Waals surface area contributed by atoms with Gasteiger partial charge >= 0.3 is 0 Å². The lowest BCUT2D eigenvalue weighted by Gasteiger charge is -2.11. The fourth-order valence-corrected chi connectivity index (χ4v) is 2.95. The predicted molar refractivity (Wildman–Crippen MR) is 108 cm³/mol. The Morgan fingerprint density at radius 2 is 1.90 bits per heavy atom. The molecule has 0 aliphatic heterocycles. The number of pyridine rings is 1. The van der Waals surface area contributed by atoms with Crippen molar-refractivity contribution in [3.8, 4) is 23.0 Å². The van der Waals surface area contributed by atoms with E-state index in [4.69, 9.17) is 4.52 Å². The van der Waals surface area contributed by atoms with Crippen LogP contribution in [0.25, 0.3) is 23.0 Å². The summed E-state index contributed by atoms with van der Waals surface area (Å²) in [6.45, 7) is 5.98. The Kier molecular flexibility index (Phi) is 4.90. The molecule has 0 bridgehead atoms. The highest BCUT2D eigenvalue weighted by atomic mass is 16.5. The molecule has 8 heteroatoms. The van der Waals surface area contributed by atoms with Gasteiger partial charge in [0.2, 0.25) is 11.7 Å². The van der Waals surface area contributed by atoms with Gasteiger partial charge in [0.05, 0.1) is 0 Å². The van der Waals surface area contributed by atoms with Gasteiger partial charge in [0.15, 0.2) is 0 Å². The summed E-state index contributed by atoms with van der Waals surface area (Å²) in [5.74, 6) is 1.32. The highest BCUT2D eigenvalue weighted by molar-refractivity contribution is 5.91. The molecular weight excluding hydrogens is 368 g/mol. The van der Waals surface area contributed by atoms with Gasteiger partial charge < -0.3 is 14.4 Å². The van der Waals surface area contributed by atoms with Crippen LogP contribution in [0.5, 0.6) is 0 Å². The van der Waals surface area contributed by atoms with Crippen molar-refractivity contribution in [2.24, 2.45) is 0 Å². The van der Waals surface area contributed by atoms with Crippen LogP contribution in [-0.4, -0.2) is 30.6 Å². The van der Waals surface area contributed by atoms with Gasteiger partial charge in [-0.05, 0) is 50.1 Å². The average molecular weight is 388 g/mol. The fourth-order valence-electron chi connectivity index (χ4n) is 2.95. The van der Waals surface area contributed by atoms with Crippen LogP contribution in [0.3, 0.4) is 0 Å². The lowest BCUT2D eigenvalue weighted by molar-refractivity contribution is -0.116. The number of carbonyl (C=O) groups excluding carboxylic acids is 1. The number of benzene rings is 1. The number of hydrogen-bond acceptors (Lipinski definition) is 6. The number of aryl methyl sites for hydroxylation is 2. The Labute approximate surface area is 167 Å². The summed E-state index contributed by atoms with van der Waals surface area (Å²) in [5.41, 5.74) is 4.33. The second kappa shape index (κ2) is 7.67. The van der Waals surface area contributed by atoms with Crippen LogP contribution in [-0.2, 0) is 11.3 Å². The van der Waals surface area contributed by atoms with Crippen molar-refractivity contribution < 1.29 is 9.32 Å². The molecule has 0 saturated heterocycles. The Morgan fingerprint density at radius 1 is 1.10 bits per heavy atom. The average Bonchev–Trinajstić information content (AvgIpc) is 3.34. The second-order valence-electron chi connectivity index (χ2n) is 6.76. The van der Waals surface area contributed by atoms with Crippen molar-refractivity contribution in [3.63, 3.8) is 0 Å². The Morgan fingerprint density at radius 3 is 2.69 bits per heavy atom. The maximum absolute atomic E-state index is 12.5. The molecular formula is C21H20N6O2. The van der Waals surface area contributed by atoms with E-state index in [0.29, 0.717) is 23.2 Å². The zero-order valence-corrected chi connectivity index (χ0v) is 16.4. The van der Waals surface area contributed by atoms with E-state index in [1.165, 1.54) is 0 Å². The van der Waals surface area contributed by atoms with Crippen LogP contribution in [0.1, 0.15) is 17.0 Å². The first-order valence-corrected chi connectivity index (χ1v) is 9.15. The van der Waals surface area contributed by atoms with Crippen molar-refractivity contribution in [2.45, 2.75) is 27.3 Å². The maximum Gasteiger partial charge on any atom is 0.258 e. The molecule has 1 aromatic carbocycles. The van der Waals surface area contributed by atoms with Gasteiger partial charge in [0.1, 0.15) is 18.1 Å². The van der Waals surface area contributed by atoms with Crippen LogP contribution in [0.2, 0.25) is 0 Å². The number of nitrogens with zero attached hydrogens (tertiary/aromatic N) is 5.